The summed E-state index contributed by atoms with van der Waals surface area (Å²) in [5.41, 5.74) is 6.46. The summed E-state index contributed by atoms with van der Waals surface area (Å²) >= 11 is 0. The second-order valence-electron chi connectivity index (χ2n) is 6.67. The zero-order valence-electron chi connectivity index (χ0n) is 14.2. The van der Waals surface area contributed by atoms with Crippen LogP contribution in [0.1, 0.15) is 22.3 Å². The maximum absolute atomic E-state index is 9.40. The zero-order valence-corrected chi connectivity index (χ0v) is 14.2. The maximum Gasteiger partial charge on any atom is 0.139 e. The van der Waals surface area contributed by atoms with Gasteiger partial charge in [-0.15, -0.1) is 0 Å². The number of furan rings is 1. The lowest BCUT2D eigenvalue weighted by molar-refractivity contribution is 0.282. The van der Waals surface area contributed by atoms with Crippen LogP contribution < -0.4 is 4.74 Å². The van der Waals surface area contributed by atoms with Crippen LogP contribution in [0.3, 0.4) is 0 Å². The van der Waals surface area contributed by atoms with E-state index in [1.165, 1.54) is 11.1 Å². The summed E-state index contributed by atoms with van der Waals surface area (Å²) in [7, 11) is 0. The van der Waals surface area contributed by atoms with Crippen molar-refractivity contribution in [2.24, 2.45) is 0 Å². The Morgan fingerprint density at radius 1 is 0.923 bits per heavy atom. The number of rotatable bonds is 4. The monoisotopic (exact) mass is 342 g/mol. The van der Waals surface area contributed by atoms with Crippen LogP contribution in [0.5, 0.6) is 5.75 Å². The van der Waals surface area contributed by atoms with Gasteiger partial charge in [0.2, 0.25) is 0 Å². The quantitative estimate of drug-likeness (QED) is 0.495. The minimum atomic E-state index is 0.0420. The Bertz CT molecular complexity index is 1090. The molecular weight excluding hydrogens is 324 g/mol. The number of hydrogen-bond donors (Lipinski definition) is 1. The summed E-state index contributed by atoms with van der Waals surface area (Å²) in [5, 5.41) is 10.5. The molecule has 4 aromatic rings. The first-order valence-corrected chi connectivity index (χ1v) is 8.77. The van der Waals surface area contributed by atoms with Crippen LogP contribution in [0.2, 0.25) is 0 Å². The van der Waals surface area contributed by atoms with Gasteiger partial charge in [0.25, 0.3) is 0 Å². The van der Waals surface area contributed by atoms with E-state index in [0.717, 1.165) is 45.6 Å². The summed E-state index contributed by atoms with van der Waals surface area (Å²) in [6, 6.07) is 22.3. The first-order valence-electron chi connectivity index (χ1n) is 8.77. The predicted molar refractivity (Wildman–Crippen MR) is 101 cm³/mol. The van der Waals surface area contributed by atoms with Gasteiger partial charge in [-0.25, -0.2) is 0 Å². The standard InChI is InChI=1S/C23H18O3/c24-13-16-6-7-17-11-21-19-9-8-18(25-14-15-4-2-1-3-5-15)12-22(19)26-23(21)20(17)10-16/h1-10,12,24H,11,13-14H2. The van der Waals surface area contributed by atoms with Crippen LogP contribution in [-0.4, -0.2) is 5.11 Å². The molecule has 0 saturated heterocycles. The number of ether oxygens (including phenoxy) is 1. The zero-order chi connectivity index (χ0) is 17.5. The van der Waals surface area contributed by atoms with Crippen molar-refractivity contribution >= 4 is 11.0 Å². The minimum absolute atomic E-state index is 0.0420. The molecule has 0 atom stereocenters. The van der Waals surface area contributed by atoms with Gasteiger partial charge in [0.1, 0.15) is 23.7 Å². The van der Waals surface area contributed by atoms with Crippen LogP contribution in [0.15, 0.2) is 71.1 Å². The van der Waals surface area contributed by atoms with Gasteiger partial charge in [-0.1, -0.05) is 42.5 Å². The second kappa shape index (κ2) is 6.04. The minimum Gasteiger partial charge on any atom is -0.489 e. The predicted octanol–water partition coefficient (Wildman–Crippen LogP) is 5.08. The summed E-state index contributed by atoms with van der Waals surface area (Å²) in [4.78, 5) is 0. The Hall–Kier alpha value is -3.04. The van der Waals surface area contributed by atoms with Gasteiger partial charge in [0.15, 0.2) is 0 Å². The summed E-state index contributed by atoms with van der Waals surface area (Å²) < 4.78 is 12.1. The first kappa shape index (κ1) is 15.2. The van der Waals surface area contributed by atoms with Crippen LogP contribution >= 0.6 is 0 Å². The first-order chi connectivity index (χ1) is 12.8. The number of aliphatic hydroxyl groups excluding tert-OH is 1. The van der Waals surface area contributed by atoms with Gasteiger partial charge >= 0.3 is 0 Å². The van der Waals surface area contributed by atoms with Crippen LogP contribution in [0.4, 0.5) is 0 Å². The number of hydrogen-bond acceptors (Lipinski definition) is 3. The summed E-state index contributed by atoms with van der Waals surface area (Å²) in [6.07, 6.45) is 0.869. The van der Waals surface area contributed by atoms with E-state index in [9.17, 15) is 5.11 Å². The Kier molecular flexibility index (Phi) is 3.54. The molecule has 1 aliphatic rings. The molecule has 0 bridgehead atoms. The van der Waals surface area contributed by atoms with Crippen LogP contribution in [0.25, 0.3) is 22.3 Å². The molecule has 0 unspecified atom stereocenters. The number of fused-ring (bicyclic) bond motifs is 5. The average molecular weight is 342 g/mol. The Morgan fingerprint density at radius 3 is 2.65 bits per heavy atom. The lowest BCUT2D eigenvalue weighted by Crippen LogP contribution is -1.94. The van der Waals surface area contributed by atoms with Crippen molar-refractivity contribution in [3.05, 3.63) is 89.0 Å². The molecule has 3 nitrogen and oxygen atoms in total. The van der Waals surface area contributed by atoms with Gasteiger partial charge < -0.3 is 14.3 Å². The third kappa shape index (κ3) is 2.49. The fourth-order valence-corrected chi connectivity index (χ4v) is 3.63. The Labute approximate surface area is 151 Å². The highest BCUT2D eigenvalue weighted by Crippen LogP contribution is 2.43. The second-order valence-corrected chi connectivity index (χ2v) is 6.67. The molecule has 1 N–H and O–H groups in total. The van der Waals surface area contributed by atoms with Crippen molar-refractivity contribution in [1.29, 1.82) is 0 Å². The topological polar surface area (TPSA) is 42.6 Å². The SMILES string of the molecule is OCc1ccc2c(c1)-c1oc3cc(OCc4ccccc4)ccc3c1C2. The number of aliphatic hydroxyl groups is 1. The Balaban J connectivity index is 1.48. The maximum atomic E-state index is 9.40. The smallest absolute Gasteiger partial charge is 0.139 e. The molecule has 3 aromatic carbocycles. The van der Waals surface area contributed by atoms with Crippen molar-refractivity contribution in [3.8, 4) is 17.1 Å². The third-order valence-corrected chi connectivity index (χ3v) is 4.98. The molecule has 1 aromatic heterocycles. The lowest BCUT2D eigenvalue weighted by Gasteiger charge is -2.06. The molecule has 0 radical (unpaired) electrons. The van der Waals surface area contributed by atoms with Gasteiger partial charge in [-0.05, 0) is 34.9 Å². The molecule has 0 spiro atoms. The van der Waals surface area contributed by atoms with Gasteiger partial charge in [0, 0.05) is 29.0 Å². The van der Waals surface area contributed by atoms with E-state index >= 15 is 0 Å². The molecule has 1 aliphatic carbocycles. The molecule has 1 heterocycles. The molecule has 3 heteroatoms. The third-order valence-electron chi connectivity index (χ3n) is 4.98. The van der Waals surface area contributed by atoms with E-state index < -0.39 is 0 Å². The molecule has 0 fully saturated rings. The molecule has 5 rings (SSSR count). The molecular formula is C23H18O3. The largest absolute Gasteiger partial charge is 0.489 e. The van der Waals surface area contributed by atoms with Gasteiger partial charge in [-0.2, -0.15) is 0 Å². The van der Waals surface area contributed by atoms with Gasteiger partial charge in [-0.3, -0.25) is 0 Å². The highest BCUT2D eigenvalue weighted by molar-refractivity contribution is 5.92. The molecule has 0 amide bonds. The van der Waals surface area contributed by atoms with E-state index in [1.54, 1.807) is 0 Å². The van der Waals surface area contributed by atoms with E-state index in [4.69, 9.17) is 9.15 Å². The van der Waals surface area contributed by atoms with E-state index in [1.807, 2.05) is 42.5 Å². The Morgan fingerprint density at radius 2 is 1.81 bits per heavy atom. The lowest BCUT2D eigenvalue weighted by atomic mass is 10.1. The molecule has 0 saturated carbocycles. The normalized spacial score (nSPS) is 12.2. The summed E-state index contributed by atoms with van der Waals surface area (Å²) in [6.45, 7) is 0.579. The molecule has 128 valence electrons. The van der Waals surface area contributed by atoms with Crippen molar-refractivity contribution in [1.82, 2.24) is 0 Å². The molecule has 26 heavy (non-hydrogen) atoms. The van der Waals surface area contributed by atoms with Crippen molar-refractivity contribution in [2.75, 3.05) is 0 Å². The van der Waals surface area contributed by atoms with Crippen molar-refractivity contribution < 1.29 is 14.3 Å². The number of benzene rings is 3. The van der Waals surface area contributed by atoms with Crippen molar-refractivity contribution in [2.45, 2.75) is 19.6 Å². The fraction of sp³-hybridized carbons (Fsp3) is 0.130. The summed E-state index contributed by atoms with van der Waals surface area (Å²) in [5.74, 6) is 1.73. The van der Waals surface area contributed by atoms with Crippen LogP contribution in [-0.2, 0) is 19.6 Å². The van der Waals surface area contributed by atoms with Crippen LogP contribution in [0, 0.1) is 0 Å². The fourth-order valence-electron chi connectivity index (χ4n) is 3.63. The highest BCUT2D eigenvalue weighted by atomic mass is 16.5. The highest BCUT2D eigenvalue weighted by Gasteiger charge is 2.25. The van der Waals surface area contributed by atoms with Gasteiger partial charge in [0.05, 0.1) is 6.61 Å². The molecule has 0 aliphatic heterocycles. The average Bonchev–Trinajstić information content (AvgIpc) is 3.22. The van der Waals surface area contributed by atoms with Crippen molar-refractivity contribution in [3.63, 3.8) is 0 Å². The van der Waals surface area contributed by atoms with E-state index in [0.29, 0.717) is 6.61 Å². The van der Waals surface area contributed by atoms with E-state index in [2.05, 4.69) is 24.3 Å². The van der Waals surface area contributed by atoms with E-state index in [-0.39, 0.29) is 6.61 Å².